The molecule has 144 valence electrons. The highest BCUT2D eigenvalue weighted by Crippen LogP contribution is 2.18. The van der Waals surface area contributed by atoms with Gasteiger partial charge in [-0.2, -0.15) is 0 Å². The van der Waals surface area contributed by atoms with Gasteiger partial charge in [-0.05, 0) is 37.5 Å². The molecule has 0 fully saturated rings. The highest BCUT2D eigenvalue weighted by Gasteiger charge is 2.02. The zero-order valence-corrected chi connectivity index (χ0v) is 17.6. The molecule has 0 heteroatoms. The van der Waals surface area contributed by atoms with Gasteiger partial charge < -0.3 is 0 Å². The Balaban J connectivity index is 3.30. The molecule has 0 aliphatic heterocycles. The molecule has 0 aliphatic carbocycles. The molecule has 0 radical (unpaired) electrons. The molecule has 24 heavy (non-hydrogen) atoms. The molecular formula is C24H48. The zero-order valence-electron chi connectivity index (χ0n) is 17.6. The number of hydrogen-bond donors (Lipinski definition) is 0. The van der Waals surface area contributed by atoms with Crippen molar-refractivity contribution in [3.05, 3.63) is 12.2 Å². The minimum atomic E-state index is 0.932. The van der Waals surface area contributed by atoms with E-state index in [9.17, 15) is 0 Å². The van der Waals surface area contributed by atoms with Gasteiger partial charge in [-0.25, -0.2) is 0 Å². The third-order valence-corrected chi connectivity index (χ3v) is 5.40. The normalized spacial score (nSPS) is 14.3. The van der Waals surface area contributed by atoms with Gasteiger partial charge in [0.2, 0.25) is 0 Å². The van der Waals surface area contributed by atoms with Crippen molar-refractivity contribution in [2.24, 2.45) is 11.8 Å². The van der Waals surface area contributed by atoms with E-state index in [0.717, 1.165) is 11.8 Å². The van der Waals surface area contributed by atoms with Gasteiger partial charge >= 0.3 is 0 Å². The van der Waals surface area contributed by atoms with Crippen LogP contribution in [-0.2, 0) is 0 Å². The Bertz CT molecular complexity index is 253. The van der Waals surface area contributed by atoms with Crippen LogP contribution >= 0.6 is 0 Å². The third kappa shape index (κ3) is 18.1. The van der Waals surface area contributed by atoms with Gasteiger partial charge in [-0.1, -0.05) is 117 Å². The molecule has 0 amide bonds. The van der Waals surface area contributed by atoms with Crippen LogP contribution in [0.5, 0.6) is 0 Å². The molecule has 0 aromatic heterocycles. The minimum Gasteiger partial charge on any atom is -0.0885 e. The second-order valence-electron chi connectivity index (χ2n) is 8.24. The van der Waals surface area contributed by atoms with E-state index in [0.29, 0.717) is 0 Å². The SMILES string of the molecule is CCCCCCCC(C)CCCC/C=C/CCCC(C)CCCC. The first kappa shape index (κ1) is 23.7. The van der Waals surface area contributed by atoms with Gasteiger partial charge in [0, 0.05) is 0 Å². The number of hydrogen-bond acceptors (Lipinski definition) is 0. The van der Waals surface area contributed by atoms with Crippen molar-refractivity contribution in [3.63, 3.8) is 0 Å². The number of allylic oxidation sites excluding steroid dienone is 2. The summed E-state index contributed by atoms with van der Waals surface area (Å²) < 4.78 is 0. The molecule has 0 spiro atoms. The van der Waals surface area contributed by atoms with Crippen molar-refractivity contribution in [2.45, 2.75) is 130 Å². The molecular weight excluding hydrogens is 288 g/mol. The van der Waals surface area contributed by atoms with Crippen LogP contribution in [0.3, 0.4) is 0 Å². The highest BCUT2D eigenvalue weighted by molar-refractivity contribution is 4.81. The lowest BCUT2D eigenvalue weighted by molar-refractivity contribution is 0.439. The molecule has 0 aromatic carbocycles. The van der Waals surface area contributed by atoms with Crippen LogP contribution in [0.1, 0.15) is 130 Å². The Morgan fingerprint density at radius 3 is 1.58 bits per heavy atom. The molecule has 0 nitrogen and oxygen atoms in total. The van der Waals surface area contributed by atoms with E-state index in [1.165, 1.54) is 103 Å². The first-order chi connectivity index (χ1) is 11.7. The predicted octanol–water partition coefficient (Wildman–Crippen LogP) is 9.10. The van der Waals surface area contributed by atoms with Gasteiger partial charge in [0.15, 0.2) is 0 Å². The van der Waals surface area contributed by atoms with Crippen LogP contribution in [0.4, 0.5) is 0 Å². The second kappa shape index (κ2) is 19.1. The summed E-state index contributed by atoms with van der Waals surface area (Å²) in [5.41, 5.74) is 0. The summed E-state index contributed by atoms with van der Waals surface area (Å²) in [7, 11) is 0. The Hall–Kier alpha value is -0.260. The van der Waals surface area contributed by atoms with Gasteiger partial charge in [0.25, 0.3) is 0 Å². The van der Waals surface area contributed by atoms with Crippen LogP contribution in [0.25, 0.3) is 0 Å². The highest BCUT2D eigenvalue weighted by atomic mass is 14.1. The minimum absolute atomic E-state index is 0.932. The summed E-state index contributed by atoms with van der Waals surface area (Å²) in [6.07, 6.45) is 27.3. The molecule has 0 saturated heterocycles. The van der Waals surface area contributed by atoms with E-state index in [4.69, 9.17) is 0 Å². The van der Waals surface area contributed by atoms with Crippen molar-refractivity contribution in [3.8, 4) is 0 Å². The topological polar surface area (TPSA) is 0 Å². The fraction of sp³-hybridized carbons (Fsp3) is 0.917. The molecule has 2 atom stereocenters. The van der Waals surface area contributed by atoms with Crippen LogP contribution in [0.2, 0.25) is 0 Å². The monoisotopic (exact) mass is 336 g/mol. The summed E-state index contributed by atoms with van der Waals surface area (Å²) in [6.45, 7) is 9.47. The second-order valence-corrected chi connectivity index (χ2v) is 8.24. The Morgan fingerprint density at radius 2 is 0.958 bits per heavy atom. The zero-order chi connectivity index (χ0) is 17.9. The maximum Gasteiger partial charge on any atom is -0.0351 e. The smallest absolute Gasteiger partial charge is 0.0351 e. The van der Waals surface area contributed by atoms with E-state index < -0.39 is 0 Å². The van der Waals surface area contributed by atoms with Crippen molar-refractivity contribution >= 4 is 0 Å². The average Bonchev–Trinajstić information content (AvgIpc) is 2.58. The fourth-order valence-corrected chi connectivity index (χ4v) is 3.51. The first-order valence-corrected chi connectivity index (χ1v) is 11.4. The molecule has 0 aromatic rings. The van der Waals surface area contributed by atoms with Gasteiger partial charge in [0.1, 0.15) is 0 Å². The number of rotatable bonds is 18. The maximum absolute atomic E-state index is 2.45. The lowest BCUT2D eigenvalue weighted by Gasteiger charge is -2.10. The van der Waals surface area contributed by atoms with Crippen molar-refractivity contribution in [1.82, 2.24) is 0 Å². The molecule has 0 aliphatic rings. The van der Waals surface area contributed by atoms with Gasteiger partial charge in [-0.3, -0.25) is 0 Å². The molecule has 0 saturated carbocycles. The van der Waals surface area contributed by atoms with E-state index in [-0.39, 0.29) is 0 Å². The van der Waals surface area contributed by atoms with Crippen molar-refractivity contribution in [2.75, 3.05) is 0 Å². The Kier molecular flexibility index (Phi) is 18.9. The lowest BCUT2D eigenvalue weighted by Crippen LogP contribution is -1.95. The summed E-state index contributed by atoms with van der Waals surface area (Å²) in [6, 6.07) is 0. The molecule has 0 bridgehead atoms. The Labute approximate surface area is 154 Å². The number of unbranched alkanes of at least 4 members (excludes halogenated alkanes) is 8. The summed E-state index contributed by atoms with van der Waals surface area (Å²) in [5.74, 6) is 1.88. The lowest BCUT2D eigenvalue weighted by atomic mass is 9.96. The molecule has 2 unspecified atom stereocenters. The molecule has 0 rings (SSSR count). The average molecular weight is 337 g/mol. The summed E-state index contributed by atoms with van der Waals surface area (Å²) >= 11 is 0. The van der Waals surface area contributed by atoms with Gasteiger partial charge in [0.05, 0.1) is 0 Å². The molecule has 0 heterocycles. The summed E-state index contributed by atoms with van der Waals surface area (Å²) in [4.78, 5) is 0. The fourth-order valence-electron chi connectivity index (χ4n) is 3.51. The van der Waals surface area contributed by atoms with E-state index in [1.54, 1.807) is 0 Å². The quantitative estimate of drug-likeness (QED) is 0.173. The predicted molar refractivity (Wildman–Crippen MR) is 113 cm³/mol. The summed E-state index contributed by atoms with van der Waals surface area (Å²) in [5, 5.41) is 0. The van der Waals surface area contributed by atoms with Crippen LogP contribution in [0.15, 0.2) is 12.2 Å². The van der Waals surface area contributed by atoms with Crippen molar-refractivity contribution < 1.29 is 0 Å². The van der Waals surface area contributed by atoms with E-state index in [1.807, 2.05) is 0 Å². The largest absolute Gasteiger partial charge is 0.0885 e. The van der Waals surface area contributed by atoms with E-state index in [2.05, 4.69) is 39.8 Å². The van der Waals surface area contributed by atoms with Crippen LogP contribution in [0, 0.1) is 11.8 Å². The third-order valence-electron chi connectivity index (χ3n) is 5.40. The Morgan fingerprint density at radius 1 is 0.500 bits per heavy atom. The first-order valence-electron chi connectivity index (χ1n) is 11.4. The molecule has 0 N–H and O–H groups in total. The van der Waals surface area contributed by atoms with Crippen molar-refractivity contribution in [1.29, 1.82) is 0 Å². The van der Waals surface area contributed by atoms with Crippen LogP contribution in [-0.4, -0.2) is 0 Å². The standard InChI is InChI=1S/C24H48/c1-5-7-9-13-16-21-24(4)22-18-15-12-10-11-14-17-20-23(3)19-8-6-2/h10-11,23-24H,5-9,12-22H2,1-4H3/b11-10+. The maximum atomic E-state index is 2.45. The van der Waals surface area contributed by atoms with Gasteiger partial charge in [-0.15, -0.1) is 0 Å². The van der Waals surface area contributed by atoms with Crippen LogP contribution < -0.4 is 0 Å². The van der Waals surface area contributed by atoms with E-state index >= 15 is 0 Å².